The SMILES string of the molecule is O=C(NCCN1CCCCC1)c1cc(N2Cc3ccccc3C2)ccn1. The van der Waals surface area contributed by atoms with Gasteiger partial charge in [-0.25, -0.2) is 0 Å². The highest BCUT2D eigenvalue weighted by atomic mass is 16.1. The number of aromatic nitrogens is 1. The second kappa shape index (κ2) is 7.87. The monoisotopic (exact) mass is 350 g/mol. The fourth-order valence-electron chi connectivity index (χ4n) is 3.86. The van der Waals surface area contributed by atoms with Gasteiger partial charge in [0.1, 0.15) is 5.69 Å². The Kier molecular flexibility index (Phi) is 5.16. The Balaban J connectivity index is 1.34. The predicted molar refractivity (Wildman–Crippen MR) is 103 cm³/mol. The lowest BCUT2D eigenvalue weighted by molar-refractivity contribution is 0.0941. The molecule has 1 fully saturated rings. The maximum atomic E-state index is 12.5. The summed E-state index contributed by atoms with van der Waals surface area (Å²) in [6.45, 7) is 5.68. The van der Waals surface area contributed by atoms with E-state index >= 15 is 0 Å². The van der Waals surface area contributed by atoms with Crippen molar-refractivity contribution in [1.82, 2.24) is 15.2 Å². The largest absolute Gasteiger partial charge is 0.363 e. The van der Waals surface area contributed by atoms with Gasteiger partial charge in [0, 0.05) is 38.1 Å². The van der Waals surface area contributed by atoms with Crippen LogP contribution in [0.15, 0.2) is 42.6 Å². The van der Waals surface area contributed by atoms with Crippen molar-refractivity contribution in [2.75, 3.05) is 31.1 Å². The first-order chi connectivity index (χ1) is 12.8. The van der Waals surface area contributed by atoms with Crippen molar-refractivity contribution in [1.29, 1.82) is 0 Å². The third-order valence-corrected chi connectivity index (χ3v) is 5.34. The molecule has 1 saturated heterocycles. The van der Waals surface area contributed by atoms with Gasteiger partial charge in [0.2, 0.25) is 0 Å². The molecule has 5 heteroatoms. The fraction of sp³-hybridized carbons (Fsp3) is 0.429. The number of pyridine rings is 1. The molecule has 136 valence electrons. The summed E-state index contributed by atoms with van der Waals surface area (Å²) >= 11 is 0. The number of fused-ring (bicyclic) bond motifs is 1. The number of carbonyl (C=O) groups is 1. The molecule has 0 aliphatic carbocycles. The van der Waals surface area contributed by atoms with Gasteiger partial charge in [0.25, 0.3) is 5.91 Å². The van der Waals surface area contributed by atoms with Gasteiger partial charge in [-0.2, -0.15) is 0 Å². The lowest BCUT2D eigenvalue weighted by Gasteiger charge is -2.26. The standard InChI is InChI=1S/C21H26N4O/c26-21(23-10-13-24-11-4-1-5-12-24)20-14-19(8-9-22-20)25-15-17-6-2-3-7-18(17)16-25/h2-3,6-9,14H,1,4-5,10-13,15-16H2,(H,23,26). The number of likely N-dealkylation sites (tertiary alicyclic amines) is 1. The lowest BCUT2D eigenvalue weighted by atomic mass is 10.1. The Morgan fingerprint density at radius 3 is 2.50 bits per heavy atom. The normalized spacial score (nSPS) is 17.2. The Morgan fingerprint density at radius 2 is 1.77 bits per heavy atom. The van der Waals surface area contributed by atoms with Gasteiger partial charge in [-0.15, -0.1) is 0 Å². The molecule has 1 aromatic carbocycles. The van der Waals surface area contributed by atoms with E-state index in [0.29, 0.717) is 12.2 Å². The van der Waals surface area contributed by atoms with Crippen molar-refractivity contribution in [3.8, 4) is 0 Å². The van der Waals surface area contributed by atoms with E-state index in [1.807, 2.05) is 12.1 Å². The zero-order chi connectivity index (χ0) is 17.8. The molecule has 0 radical (unpaired) electrons. The first-order valence-electron chi connectivity index (χ1n) is 9.58. The van der Waals surface area contributed by atoms with Crippen molar-refractivity contribution in [2.24, 2.45) is 0 Å². The third-order valence-electron chi connectivity index (χ3n) is 5.34. The number of nitrogens with one attached hydrogen (secondary N) is 1. The third kappa shape index (κ3) is 3.88. The molecule has 1 aromatic heterocycles. The van der Waals surface area contributed by atoms with Gasteiger partial charge in [-0.3, -0.25) is 9.78 Å². The van der Waals surface area contributed by atoms with Crippen LogP contribution >= 0.6 is 0 Å². The second-order valence-corrected chi connectivity index (χ2v) is 7.18. The predicted octanol–water partition coefficient (Wildman–Crippen LogP) is 2.82. The minimum Gasteiger partial charge on any atom is -0.363 e. The minimum absolute atomic E-state index is 0.0828. The molecule has 0 atom stereocenters. The van der Waals surface area contributed by atoms with E-state index in [-0.39, 0.29) is 5.91 Å². The molecule has 0 bridgehead atoms. The summed E-state index contributed by atoms with van der Waals surface area (Å²) < 4.78 is 0. The molecule has 2 aliphatic rings. The van der Waals surface area contributed by atoms with Gasteiger partial charge in [-0.1, -0.05) is 30.7 Å². The number of anilines is 1. The van der Waals surface area contributed by atoms with E-state index < -0.39 is 0 Å². The average molecular weight is 350 g/mol. The van der Waals surface area contributed by atoms with Crippen molar-refractivity contribution in [3.63, 3.8) is 0 Å². The Hall–Kier alpha value is -2.40. The molecular weight excluding hydrogens is 324 g/mol. The van der Waals surface area contributed by atoms with Crippen LogP contribution in [-0.2, 0) is 13.1 Å². The zero-order valence-electron chi connectivity index (χ0n) is 15.2. The van der Waals surface area contributed by atoms with Gasteiger partial charge in [0.15, 0.2) is 0 Å². The van der Waals surface area contributed by atoms with E-state index in [2.05, 4.69) is 44.4 Å². The molecule has 26 heavy (non-hydrogen) atoms. The molecular formula is C21H26N4O. The Bertz CT molecular complexity index is 745. The van der Waals surface area contributed by atoms with Crippen LogP contribution in [0.1, 0.15) is 40.9 Å². The van der Waals surface area contributed by atoms with E-state index in [9.17, 15) is 4.79 Å². The number of benzene rings is 1. The molecule has 5 nitrogen and oxygen atoms in total. The van der Waals surface area contributed by atoms with Gasteiger partial charge >= 0.3 is 0 Å². The minimum atomic E-state index is -0.0828. The van der Waals surface area contributed by atoms with E-state index in [4.69, 9.17) is 0 Å². The molecule has 2 aromatic rings. The van der Waals surface area contributed by atoms with Crippen molar-refractivity contribution < 1.29 is 4.79 Å². The number of hydrogen-bond donors (Lipinski definition) is 1. The second-order valence-electron chi connectivity index (χ2n) is 7.18. The van der Waals surface area contributed by atoms with Gasteiger partial charge in [0.05, 0.1) is 0 Å². The quantitative estimate of drug-likeness (QED) is 0.901. The molecule has 1 amide bonds. The number of amides is 1. The summed E-state index contributed by atoms with van der Waals surface area (Å²) in [5.41, 5.74) is 4.27. The first kappa shape index (κ1) is 17.0. The van der Waals surface area contributed by atoms with Crippen LogP contribution in [-0.4, -0.2) is 42.0 Å². The molecule has 2 aliphatic heterocycles. The number of rotatable bonds is 5. The van der Waals surface area contributed by atoms with E-state index in [1.54, 1.807) is 6.20 Å². The van der Waals surface area contributed by atoms with Crippen LogP contribution in [0.25, 0.3) is 0 Å². The molecule has 0 unspecified atom stereocenters. The number of piperidine rings is 1. The van der Waals surface area contributed by atoms with Crippen LogP contribution in [0.2, 0.25) is 0 Å². The van der Waals surface area contributed by atoms with Crippen LogP contribution in [0, 0.1) is 0 Å². The summed E-state index contributed by atoms with van der Waals surface area (Å²) in [5, 5.41) is 3.02. The van der Waals surface area contributed by atoms with Crippen molar-refractivity contribution in [3.05, 3.63) is 59.4 Å². The van der Waals surface area contributed by atoms with Crippen LogP contribution in [0.4, 0.5) is 5.69 Å². The van der Waals surface area contributed by atoms with Crippen molar-refractivity contribution in [2.45, 2.75) is 32.4 Å². The average Bonchev–Trinajstić information content (AvgIpc) is 3.13. The highest BCUT2D eigenvalue weighted by Crippen LogP contribution is 2.27. The topological polar surface area (TPSA) is 48.5 Å². The summed E-state index contributed by atoms with van der Waals surface area (Å²) in [5.74, 6) is -0.0828. The van der Waals surface area contributed by atoms with Gasteiger partial charge < -0.3 is 15.1 Å². The summed E-state index contributed by atoms with van der Waals surface area (Å²) in [7, 11) is 0. The molecule has 4 rings (SSSR count). The maximum absolute atomic E-state index is 12.5. The number of hydrogen-bond acceptors (Lipinski definition) is 4. The highest BCUT2D eigenvalue weighted by molar-refractivity contribution is 5.93. The fourth-order valence-corrected chi connectivity index (χ4v) is 3.86. The number of carbonyl (C=O) groups excluding carboxylic acids is 1. The molecule has 0 saturated carbocycles. The summed E-state index contributed by atoms with van der Waals surface area (Å²) in [6, 6.07) is 12.4. The van der Waals surface area contributed by atoms with Crippen LogP contribution < -0.4 is 10.2 Å². The Morgan fingerprint density at radius 1 is 1.04 bits per heavy atom. The Labute approximate surface area is 155 Å². The van der Waals surface area contributed by atoms with Crippen LogP contribution in [0.5, 0.6) is 0 Å². The maximum Gasteiger partial charge on any atom is 0.269 e. The summed E-state index contributed by atoms with van der Waals surface area (Å²) in [6.07, 6.45) is 5.61. The van der Waals surface area contributed by atoms with Crippen LogP contribution in [0.3, 0.4) is 0 Å². The molecule has 3 heterocycles. The van der Waals surface area contributed by atoms with E-state index in [0.717, 1.165) is 38.4 Å². The zero-order valence-corrected chi connectivity index (χ0v) is 15.2. The smallest absolute Gasteiger partial charge is 0.269 e. The highest BCUT2D eigenvalue weighted by Gasteiger charge is 2.20. The number of nitrogens with zero attached hydrogens (tertiary/aromatic N) is 3. The first-order valence-corrected chi connectivity index (χ1v) is 9.58. The molecule has 0 spiro atoms. The van der Waals surface area contributed by atoms with Crippen molar-refractivity contribution >= 4 is 11.6 Å². The molecule has 1 N–H and O–H groups in total. The van der Waals surface area contributed by atoms with E-state index in [1.165, 1.54) is 30.4 Å². The summed E-state index contributed by atoms with van der Waals surface area (Å²) in [4.78, 5) is 21.4. The lowest BCUT2D eigenvalue weighted by Crippen LogP contribution is -2.37. The van der Waals surface area contributed by atoms with Gasteiger partial charge in [-0.05, 0) is 49.2 Å².